The van der Waals surface area contributed by atoms with Crippen molar-refractivity contribution in [2.45, 2.75) is 31.1 Å². The van der Waals surface area contributed by atoms with Crippen molar-refractivity contribution in [3.63, 3.8) is 0 Å². The van der Waals surface area contributed by atoms with E-state index in [0.717, 1.165) is 13.0 Å². The van der Waals surface area contributed by atoms with Crippen molar-refractivity contribution in [1.29, 1.82) is 0 Å². The third kappa shape index (κ3) is 2.88. The van der Waals surface area contributed by atoms with Crippen molar-refractivity contribution in [2.24, 2.45) is 7.05 Å². The molecule has 18 heavy (non-hydrogen) atoms. The Labute approximate surface area is 107 Å². The topological polar surface area (TPSA) is 88.9 Å². The van der Waals surface area contributed by atoms with Crippen molar-refractivity contribution in [2.75, 3.05) is 13.1 Å². The van der Waals surface area contributed by atoms with Gasteiger partial charge < -0.3 is 9.88 Å². The van der Waals surface area contributed by atoms with Gasteiger partial charge in [0.25, 0.3) is 0 Å². The number of nitrogens with one attached hydrogen (secondary N) is 2. The van der Waals surface area contributed by atoms with Gasteiger partial charge in [0.15, 0.2) is 0 Å². The van der Waals surface area contributed by atoms with E-state index in [1.165, 1.54) is 0 Å². The van der Waals surface area contributed by atoms with E-state index in [1.54, 1.807) is 24.9 Å². The summed E-state index contributed by atoms with van der Waals surface area (Å²) in [5.41, 5.74) is 0. The zero-order valence-corrected chi connectivity index (χ0v) is 11.4. The molecule has 0 saturated carbocycles. The molecule has 7 nitrogen and oxygen atoms in total. The molecule has 2 heterocycles. The van der Waals surface area contributed by atoms with Crippen LogP contribution in [0.1, 0.15) is 31.6 Å². The molecule has 1 fully saturated rings. The molecule has 1 aliphatic rings. The summed E-state index contributed by atoms with van der Waals surface area (Å²) >= 11 is 0. The third-order valence-electron chi connectivity index (χ3n) is 3.17. The number of rotatable bonds is 4. The van der Waals surface area contributed by atoms with E-state index in [1.807, 2.05) is 0 Å². The summed E-state index contributed by atoms with van der Waals surface area (Å²) in [7, 11) is -1.53. The maximum atomic E-state index is 12.2. The highest BCUT2D eigenvalue weighted by atomic mass is 32.2. The van der Waals surface area contributed by atoms with Gasteiger partial charge in [-0.3, -0.25) is 0 Å². The monoisotopic (exact) mass is 273 g/mol. The Bertz CT molecular complexity index is 492. The van der Waals surface area contributed by atoms with Crippen LogP contribution < -0.4 is 10.0 Å². The summed E-state index contributed by atoms with van der Waals surface area (Å²) in [4.78, 5) is 0. The molecule has 0 spiro atoms. The van der Waals surface area contributed by atoms with E-state index in [-0.39, 0.29) is 11.3 Å². The molecule has 2 atom stereocenters. The summed E-state index contributed by atoms with van der Waals surface area (Å²) < 4.78 is 28.8. The highest BCUT2D eigenvalue weighted by Gasteiger charge is 2.29. The molecule has 0 aliphatic carbocycles. The Kier molecular flexibility index (Phi) is 3.98. The van der Waals surface area contributed by atoms with Crippen molar-refractivity contribution in [3.8, 4) is 0 Å². The Balaban J connectivity index is 2.06. The lowest BCUT2D eigenvalue weighted by atomic mass is 10.2. The van der Waals surface area contributed by atoms with Gasteiger partial charge in [0, 0.05) is 13.6 Å². The molecule has 2 rings (SSSR count). The second kappa shape index (κ2) is 5.33. The van der Waals surface area contributed by atoms with Crippen LogP contribution in [0, 0.1) is 0 Å². The van der Waals surface area contributed by atoms with Gasteiger partial charge in [-0.2, -0.15) is 0 Å². The first kappa shape index (κ1) is 13.4. The number of aryl methyl sites for hydroxylation is 1. The number of hydrogen-bond acceptors (Lipinski definition) is 5. The number of piperidine rings is 1. The van der Waals surface area contributed by atoms with Crippen LogP contribution in [-0.2, 0) is 17.1 Å². The molecule has 102 valence electrons. The quantitative estimate of drug-likeness (QED) is 0.775. The summed E-state index contributed by atoms with van der Waals surface area (Å²) in [5, 5.41) is 10.4. The summed E-state index contributed by atoms with van der Waals surface area (Å²) in [5.74, 6) is 0.613. The zero-order valence-electron chi connectivity index (χ0n) is 10.6. The first-order valence-corrected chi connectivity index (χ1v) is 7.61. The molecule has 0 radical (unpaired) electrons. The lowest BCUT2D eigenvalue weighted by Crippen LogP contribution is -2.45. The first-order valence-electron chi connectivity index (χ1n) is 6.06. The molecule has 1 aliphatic heterocycles. The summed E-state index contributed by atoms with van der Waals surface area (Å²) in [6.45, 7) is 3.18. The zero-order chi connectivity index (χ0) is 13.2. The number of aromatic nitrogens is 3. The molecule has 0 bridgehead atoms. The molecule has 1 aromatic heterocycles. The van der Waals surface area contributed by atoms with Crippen molar-refractivity contribution >= 4 is 10.0 Å². The maximum absolute atomic E-state index is 12.2. The van der Waals surface area contributed by atoms with Gasteiger partial charge in [-0.15, -0.1) is 10.2 Å². The lowest BCUT2D eigenvalue weighted by molar-refractivity contribution is 0.481. The van der Waals surface area contributed by atoms with E-state index in [9.17, 15) is 8.42 Å². The van der Waals surface area contributed by atoms with Crippen molar-refractivity contribution in [3.05, 3.63) is 12.2 Å². The van der Waals surface area contributed by atoms with Crippen LogP contribution in [0.2, 0.25) is 0 Å². The fourth-order valence-electron chi connectivity index (χ4n) is 2.16. The molecular formula is C10H19N5O2S. The van der Waals surface area contributed by atoms with E-state index < -0.39 is 10.0 Å². The van der Waals surface area contributed by atoms with Crippen LogP contribution in [-0.4, -0.2) is 41.5 Å². The molecule has 8 heteroatoms. The minimum atomic E-state index is -3.32. The number of hydrogen-bond donors (Lipinski definition) is 2. The number of nitrogens with zero attached hydrogens (tertiary/aromatic N) is 3. The Morgan fingerprint density at radius 2 is 2.39 bits per heavy atom. The van der Waals surface area contributed by atoms with Gasteiger partial charge in [-0.25, -0.2) is 13.1 Å². The van der Waals surface area contributed by atoms with Gasteiger partial charge in [0.1, 0.15) is 12.2 Å². The van der Waals surface area contributed by atoms with Crippen LogP contribution in [0.25, 0.3) is 0 Å². The van der Waals surface area contributed by atoms with E-state index >= 15 is 0 Å². The normalized spacial score (nSPS) is 22.9. The first-order chi connectivity index (χ1) is 8.50. The van der Waals surface area contributed by atoms with Crippen LogP contribution in [0.3, 0.4) is 0 Å². The predicted molar refractivity (Wildman–Crippen MR) is 67.4 cm³/mol. The Hall–Kier alpha value is -0.990. The van der Waals surface area contributed by atoms with E-state index in [4.69, 9.17) is 0 Å². The fraction of sp³-hybridized carbons (Fsp3) is 0.800. The van der Waals surface area contributed by atoms with E-state index in [0.29, 0.717) is 18.8 Å². The minimum Gasteiger partial charge on any atom is -0.319 e. The molecule has 2 N–H and O–H groups in total. The molecule has 2 unspecified atom stereocenters. The summed E-state index contributed by atoms with van der Waals surface area (Å²) in [6, 6.07) is -0.371. The van der Waals surface area contributed by atoms with Gasteiger partial charge >= 0.3 is 0 Å². The second-order valence-electron chi connectivity index (χ2n) is 4.65. The lowest BCUT2D eigenvalue weighted by Gasteiger charge is -2.24. The average Bonchev–Trinajstić information content (AvgIpc) is 2.76. The summed E-state index contributed by atoms with van der Waals surface area (Å²) in [6.07, 6.45) is 3.15. The van der Waals surface area contributed by atoms with Crippen molar-refractivity contribution < 1.29 is 8.42 Å². The van der Waals surface area contributed by atoms with Crippen LogP contribution in [0.15, 0.2) is 6.33 Å². The molecule has 1 aromatic rings. The average molecular weight is 273 g/mol. The third-order valence-corrected chi connectivity index (χ3v) is 5.13. The van der Waals surface area contributed by atoms with Gasteiger partial charge in [0.2, 0.25) is 10.0 Å². The fourth-order valence-corrected chi connectivity index (χ4v) is 3.77. The maximum Gasteiger partial charge on any atom is 0.216 e. The molecular weight excluding hydrogens is 254 g/mol. The van der Waals surface area contributed by atoms with Crippen LogP contribution in [0.4, 0.5) is 0 Å². The van der Waals surface area contributed by atoms with E-state index in [2.05, 4.69) is 20.2 Å². The Morgan fingerprint density at radius 3 is 2.94 bits per heavy atom. The van der Waals surface area contributed by atoms with Crippen molar-refractivity contribution in [1.82, 2.24) is 24.8 Å². The largest absolute Gasteiger partial charge is 0.319 e. The Morgan fingerprint density at radius 1 is 1.61 bits per heavy atom. The number of sulfonamides is 1. The smallest absolute Gasteiger partial charge is 0.216 e. The standard InChI is InChI=1S/C10H19N5O2S/c1-8(10-13-12-7-15(10)2)14-18(16,17)9-4-3-5-11-6-9/h7-9,11,14H,3-6H2,1-2H3. The van der Waals surface area contributed by atoms with Crippen LogP contribution in [0.5, 0.6) is 0 Å². The highest BCUT2D eigenvalue weighted by molar-refractivity contribution is 7.90. The highest BCUT2D eigenvalue weighted by Crippen LogP contribution is 2.15. The molecule has 0 aromatic carbocycles. The van der Waals surface area contributed by atoms with Crippen LogP contribution >= 0.6 is 0 Å². The van der Waals surface area contributed by atoms with Gasteiger partial charge in [0.05, 0.1) is 11.3 Å². The van der Waals surface area contributed by atoms with Gasteiger partial charge in [-0.05, 0) is 26.3 Å². The predicted octanol–water partition coefficient (Wildman–Crippen LogP) is -0.452. The minimum absolute atomic E-state index is 0.359. The SMILES string of the molecule is CC(NS(=O)(=O)C1CCCNC1)c1nncn1C. The molecule has 1 saturated heterocycles. The molecule has 0 amide bonds. The van der Waals surface area contributed by atoms with Gasteiger partial charge in [-0.1, -0.05) is 0 Å². The second-order valence-corrected chi connectivity index (χ2v) is 6.65.